The maximum atomic E-state index is 12.7. The quantitative estimate of drug-likeness (QED) is 0.715. The van der Waals surface area contributed by atoms with E-state index in [1.54, 1.807) is 24.9 Å². The Hall–Kier alpha value is -2.80. The Labute approximate surface area is 155 Å². The zero-order valence-corrected chi connectivity index (χ0v) is 15.4. The summed E-state index contributed by atoms with van der Waals surface area (Å²) in [5, 5.41) is 11.5. The Kier molecular flexibility index (Phi) is 5.27. The molecule has 0 aliphatic carbocycles. The average Bonchev–Trinajstić information content (AvgIpc) is 3.21. The molecule has 3 rings (SSSR count). The number of hydrogen-bond acceptors (Lipinski definition) is 5. The largest absolute Gasteiger partial charge is 0.497 e. The number of nitrogens with zero attached hydrogens (tertiary/aromatic N) is 3. The van der Waals surface area contributed by atoms with Gasteiger partial charge in [0.2, 0.25) is 0 Å². The summed E-state index contributed by atoms with van der Waals surface area (Å²) in [6.07, 6.45) is 3.21. The van der Waals surface area contributed by atoms with Crippen molar-refractivity contribution in [2.75, 3.05) is 7.11 Å². The molecule has 1 unspecified atom stereocenters. The number of aromatic nitrogens is 3. The number of hydrogen-bond donors (Lipinski definition) is 1. The van der Waals surface area contributed by atoms with Crippen molar-refractivity contribution in [2.24, 2.45) is 0 Å². The average molecular weight is 375 g/mol. The SMILES string of the molecule is COc1cccc(C(C)NC(=O)c2noc(C)c2Cn2cc(Cl)cn2)c1. The van der Waals surface area contributed by atoms with Gasteiger partial charge in [-0.3, -0.25) is 9.48 Å². The van der Waals surface area contributed by atoms with Gasteiger partial charge in [-0.25, -0.2) is 0 Å². The predicted molar refractivity (Wildman–Crippen MR) is 96.5 cm³/mol. The van der Waals surface area contributed by atoms with E-state index in [9.17, 15) is 4.79 Å². The van der Waals surface area contributed by atoms with Crippen molar-refractivity contribution in [3.05, 3.63) is 64.3 Å². The zero-order chi connectivity index (χ0) is 18.7. The third kappa shape index (κ3) is 3.88. The first-order valence-electron chi connectivity index (χ1n) is 8.06. The molecule has 0 aliphatic heterocycles. The van der Waals surface area contributed by atoms with Gasteiger partial charge < -0.3 is 14.6 Å². The van der Waals surface area contributed by atoms with Gasteiger partial charge in [-0.2, -0.15) is 5.10 Å². The molecule has 0 radical (unpaired) electrons. The van der Waals surface area contributed by atoms with Crippen molar-refractivity contribution >= 4 is 17.5 Å². The van der Waals surface area contributed by atoms with Gasteiger partial charge in [0, 0.05) is 11.8 Å². The van der Waals surface area contributed by atoms with Crippen LogP contribution in [0, 0.1) is 6.92 Å². The number of nitrogens with one attached hydrogen (secondary N) is 1. The van der Waals surface area contributed by atoms with Gasteiger partial charge in [-0.15, -0.1) is 0 Å². The normalized spacial score (nSPS) is 12.0. The van der Waals surface area contributed by atoms with E-state index in [0.717, 1.165) is 11.3 Å². The van der Waals surface area contributed by atoms with Gasteiger partial charge in [0.05, 0.1) is 30.9 Å². The number of methoxy groups -OCH3 is 1. The molecule has 2 heterocycles. The number of carbonyl (C=O) groups excluding carboxylic acids is 1. The van der Waals surface area contributed by atoms with Gasteiger partial charge >= 0.3 is 0 Å². The van der Waals surface area contributed by atoms with E-state index in [4.69, 9.17) is 20.9 Å². The van der Waals surface area contributed by atoms with Crippen LogP contribution in [-0.2, 0) is 6.54 Å². The van der Waals surface area contributed by atoms with Gasteiger partial charge in [0.15, 0.2) is 5.69 Å². The molecule has 0 fully saturated rings. The highest BCUT2D eigenvalue weighted by Crippen LogP contribution is 2.21. The molecule has 0 saturated carbocycles. The smallest absolute Gasteiger partial charge is 0.274 e. The van der Waals surface area contributed by atoms with Crippen LogP contribution >= 0.6 is 11.6 Å². The van der Waals surface area contributed by atoms with E-state index in [1.165, 1.54) is 6.20 Å². The van der Waals surface area contributed by atoms with E-state index in [1.807, 2.05) is 31.2 Å². The summed E-state index contributed by atoms with van der Waals surface area (Å²) in [5.74, 6) is 0.985. The number of aryl methyl sites for hydroxylation is 1. The number of halogens is 1. The topological polar surface area (TPSA) is 82.2 Å². The summed E-state index contributed by atoms with van der Waals surface area (Å²) in [7, 11) is 1.61. The van der Waals surface area contributed by atoms with Gasteiger partial charge in [0.1, 0.15) is 11.5 Å². The fourth-order valence-corrected chi connectivity index (χ4v) is 2.76. The number of ether oxygens (including phenoxy) is 1. The number of carbonyl (C=O) groups is 1. The lowest BCUT2D eigenvalue weighted by Crippen LogP contribution is -2.28. The Morgan fingerprint density at radius 1 is 1.46 bits per heavy atom. The molecule has 26 heavy (non-hydrogen) atoms. The van der Waals surface area contributed by atoms with E-state index in [2.05, 4.69) is 15.6 Å². The fourth-order valence-electron chi connectivity index (χ4n) is 2.60. The second-order valence-electron chi connectivity index (χ2n) is 5.89. The Balaban J connectivity index is 1.77. The molecule has 0 bridgehead atoms. The molecule has 0 saturated heterocycles. The minimum absolute atomic E-state index is 0.221. The lowest BCUT2D eigenvalue weighted by molar-refractivity contribution is 0.0929. The molecule has 0 spiro atoms. The van der Waals surface area contributed by atoms with Crippen LogP contribution in [0.1, 0.15) is 40.3 Å². The maximum Gasteiger partial charge on any atom is 0.274 e. The minimum Gasteiger partial charge on any atom is -0.497 e. The summed E-state index contributed by atoms with van der Waals surface area (Å²) < 4.78 is 12.1. The molecule has 8 heteroatoms. The van der Waals surface area contributed by atoms with Crippen molar-refractivity contribution in [3.8, 4) is 5.75 Å². The van der Waals surface area contributed by atoms with E-state index in [0.29, 0.717) is 22.9 Å². The van der Waals surface area contributed by atoms with Crippen LogP contribution in [0.5, 0.6) is 5.75 Å². The van der Waals surface area contributed by atoms with Gasteiger partial charge in [-0.05, 0) is 31.5 Å². The molecule has 1 aromatic carbocycles. The van der Waals surface area contributed by atoms with Crippen LogP contribution in [0.3, 0.4) is 0 Å². The molecule has 1 amide bonds. The van der Waals surface area contributed by atoms with Crippen LogP contribution in [-0.4, -0.2) is 28.0 Å². The monoisotopic (exact) mass is 374 g/mol. The molecule has 2 aromatic heterocycles. The van der Waals surface area contributed by atoms with Crippen molar-refractivity contribution < 1.29 is 14.1 Å². The maximum absolute atomic E-state index is 12.7. The minimum atomic E-state index is -0.314. The highest BCUT2D eigenvalue weighted by molar-refractivity contribution is 6.30. The fraction of sp³-hybridized carbons (Fsp3) is 0.278. The summed E-state index contributed by atoms with van der Waals surface area (Å²) in [6, 6.07) is 7.32. The second-order valence-corrected chi connectivity index (χ2v) is 6.33. The molecule has 1 N–H and O–H groups in total. The van der Waals surface area contributed by atoms with Crippen molar-refractivity contribution in [1.29, 1.82) is 0 Å². The molecule has 3 aromatic rings. The Morgan fingerprint density at radius 3 is 2.96 bits per heavy atom. The lowest BCUT2D eigenvalue weighted by atomic mass is 10.1. The van der Waals surface area contributed by atoms with Crippen LogP contribution < -0.4 is 10.1 Å². The standard InChI is InChI=1S/C18H19ClN4O3/c1-11(13-5-4-6-15(7-13)25-3)21-18(24)17-16(12(2)26-22-17)10-23-9-14(19)8-20-23/h4-9,11H,10H2,1-3H3,(H,21,24). The van der Waals surface area contributed by atoms with E-state index in [-0.39, 0.29) is 17.6 Å². The summed E-state index contributed by atoms with van der Waals surface area (Å²) in [5.41, 5.74) is 1.84. The highest BCUT2D eigenvalue weighted by Gasteiger charge is 2.22. The highest BCUT2D eigenvalue weighted by atomic mass is 35.5. The number of amides is 1. The first-order valence-corrected chi connectivity index (χ1v) is 8.43. The molecule has 136 valence electrons. The Bertz CT molecular complexity index is 919. The third-order valence-electron chi connectivity index (χ3n) is 4.06. The van der Waals surface area contributed by atoms with Crippen LogP contribution in [0.4, 0.5) is 0 Å². The molecule has 7 nitrogen and oxygen atoms in total. The van der Waals surface area contributed by atoms with Crippen molar-refractivity contribution in [2.45, 2.75) is 26.4 Å². The van der Waals surface area contributed by atoms with Crippen LogP contribution in [0.2, 0.25) is 5.02 Å². The summed E-state index contributed by atoms with van der Waals surface area (Å²) in [4.78, 5) is 12.7. The zero-order valence-electron chi connectivity index (χ0n) is 14.7. The predicted octanol–water partition coefficient (Wildman–Crippen LogP) is 3.38. The molecule has 0 aliphatic rings. The molecule has 1 atom stereocenters. The third-order valence-corrected chi connectivity index (χ3v) is 4.26. The first kappa shape index (κ1) is 18.0. The van der Waals surface area contributed by atoms with Gasteiger partial charge in [0.25, 0.3) is 5.91 Å². The molecular weight excluding hydrogens is 356 g/mol. The van der Waals surface area contributed by atoms with Gasteiger partial charge in [-0.1, -0.05) is 28.9 Å². The first-order chi connectivity index (χ1) is 12.5. The van der Waals surface area contributed by atoms with Crippen LogP contribution in [0.25, 0.3) is 0 Å². The van der Waals surface area contributed by atoms with Crippen molar-refractivity contribution in [1.82, 2.24) is 20.3 Å². The number of benzene rings is 1. The summed E-state index contributed by atoms with van der Waals surface area (Å²) in [6.45, 7) is 4.00. The Morgan fingerprint density at radius 2 is 2.27 bits per heavy atom. The van der Waals surface area contributed by atoms with E-state index >= 15 is 0 Å². The van der Waals surface area contributed by atoms with E-state index < -0.39 is 0 Å². The molecular formula is C18H19ClN4O3. The van der Waals surface area contributed by atoms with Crippen molar-refractivity contribution in [3.63, 3.8) is 0 Å². The lowest BCUT2D eigenvalue weighted by Gasteiger charge is -2.14. The number of rotatable bonds is 6. The second kappa shape index (κ2) is 7.61. The van der Waals surface area contributed by atoms with Crippen LogP contribution in [0.15, 0.2) is 41.2 Å². The summed E-state index contributed by atoms with van der Waals surface area (Å²) >= 11 is 5.89.